The van der Waals surface area contributed by atoms with E-state index in [0.717, 1.165) is 11.3 Å². The predicted octanol–water partition coefficient (Wildman–Crippen LogP) is 3.91. The van der Waals surface area contributed by atoms with Gasteiger partial charge in [-0.05, 0) is 55.0 Å². The summed E-state index contributed by atoms with van der Waals surface area (Å²) >= 11 is 5.89. The maximum absolute atomic E-state index is 12.6. The van der Waals surface area contributed by atoms with E-state index in [2.05, 4.69) is 5.32 Å². The molecule has 1 aliphatic heterocycles. The number of rotatable bonds is 6. The second-order valence-corrected chi connectivity index (χ2v) is 7.01. The van der Waals surface area contributed by atoms with Crippen molar-refractivity contribution in [3.05, 3.63) is 65.2 Å². The lowest BCUT2D eigenvalue weighted by molar-refractivity contribution is -0.137. The number of ether oxygens (including phenoxy) is 1. The van der Waals surface area contributed by atoms with Gasteiger partial charge in [-0.2, -0.15) is 0 Å². The smallest absolute Gasteiger partial charge is 0.330 e. The van der Waals surface area contributed by atoms with Gasteiger partial charge in [0.2, 0.25) is 11.8 Å². The largest absolute Gasteiger partial charge is 0.463 e. The van der Waals surface area contributed by atoms with Crippen LogP contribution < -0.4 is 10.2 Å². The van der Waals surface area contributed by atoms with Crippen molar-refractivity contribution < 1.29 is 19.1 Å². The van der Waals surface area contributed by atoms with Gasteiger partial charge < -0.3 is 15.0 Å². The van der Waals surface area contributed by atoms with E-state index in [1.54, 1.807) is 66.4 Å². The molecule has 0 aliphatic carbocycles. The lowest BCUT2D eigenvalue weighted by Gasteiger charge is -2.16. The number of esters is 1. The molecule has 1 unspecified atom stereocenters. The molecule has 29 heavy (non-hydrogen) atoms. The fourth-order valence-electron chi connectivity index (χ4n) is 3.03. The van der Waals surface area contributed by atoms with Gasteiger partial charge in [-0.25, -0.2) is 4.79 Å². The molecule has 0 aromatic heterocycles. The lowest BCUT2D eigenvalue weighted by Crippen LogP contribution is -2.28. The van der Waals surface area contributed by atoms with E-state index >= 15 is 0 Å². The van der Waals surface area contributed by atoms with Crippen LogP contribution in [0.3, 0.4) is 0 Å². The molecule has 1 aliphatic rings. The van der Waals surface area contributed by atoms with Crippen molar-refractivity contribution >= 4 is 46.8 Å². The van der Waals surface area contributed by atoms with Crippen molar-refractivity contribution in [2.45, 2.75) is 13.3 Å². The van der Waals surface area contributed by atoms with Gasteiger partial charge in [-0.15, -0.1) is 0 Å². The van der Waals surface area contributed by atoms with Crippen LogP contribution in [0.25, 0.3) is 6.08 Å². The van der Waals surface area contributed by atoms with Gasteiger partial charge in [-0.3, -0.25) is 9.59 Å². The lowest BCUT2D eigenvalue weighted by atomic mass is 10.1. The van der Waals surface area contributed by atoms with Crippen LogP contribution >= 0.6 is 11.6 Å². The second kappa shape index (κ2) is 9.39. The first-order valence-corrected chi connectivity index (χ1v) is 9.65. The molecule has 3 rings (SSSR count). The van der Waals surface area contributed by atoms with Crippen molar-refractivity contribution in [2.75, 3.05) is 23.4 Å². The number of carbonyl (C=O) groups excluding carboxylic acids is 3. The number of hydrogen-bond donors (Lipinski definition) is 1. The van der Waals surface area contributed by atoms with Gasteiger partial charge in [-0.1, -0.05) is 23.7 Å². The van der Waals surface area contributed by atoms with Crippen LogP contribution in [-0.4, -0.2) is 30.9 Å². The maximum Gasteiger partial charge on any atom is 0.330 e. The normalized spacial score (nSPS) is 16.3. The maximum atomic E-state index is 12.6. The standard InChI is InChI=1S/C22H21ClN2O4/c1-2-29-21(27)12-5-15-3-8-18(9-4-15)24-22(28)16-13-20(26)25(14-16)19-10-6-17(23)7-11-19/h3-12,16H,2,13-14H2,1H3,(H,24,28)/b12-5+. The molecule has 1 fully saturated rings. The van der Waals surface area contributed by atoms with Crippen molar-refractivity contribution in [3.63, 3.8) is 0 Å². The fourth-order valence-corrected chi connectivity index (χ4v) is 3.16. The van der Waals surface area contributed by atoms with Gasteiger partial charge in [0, 0.05) is 35.4 Å². The molecular formula is C22H21ClN2O4. The summed E-state index contributed by atoms with van der Waals surface area (Å²) < 4.78 is 4.83. The first kappa shape index (κ1) is 20.6. The minimum Gasteiger partial charge on any atom is -0.463 e. The van der Waals surface area contributed by atoms with Gasteiger partial charge in [0.25, 0.3) is 0 Å². The Bertz CT molecular complexity index is 923. The van der Waals surface area contributed by atoms with Gasteiger partial charge in [0.05, 0.1) is 12.5 Å². The highest BCUT2D eigenvalue weighted by Crippen LogP contribution is 2.27. The highest BCUT2D eigenvalue weighted by Gasteiger charge is 2.35. The second-order valence-electron chi connectivity index (χ2n) is 6.58. The van der Waals surface area contributed by atoms with Crippen LogP contribution in [0.15, 0.2) is 54.6 Å². The number of nitrogens with one attached hydrogen (secondary N) is 1. The average molecular weight is 413 g/mol. The van der Waals surface area contributed by atoms with E-state index in [1.165, 1.54) is 6.08 Å². The van der Waals surface area contributed by atoms with E-state index in [4.69, 9.17) is 16.3 Å². The minimum atomic E-state index is -0.429. The number of benzene rings is 2. The zero-order valence-electron chi connectivity index (χ0n) is 15.9. The molecular weight excluding hydrogens is 392 g/mol. The molecule has 0 saturated carbocycles. The summed E-state index contributed by atoms with van der Waals surface area (Å²) in [5, 5.41) is 3.44. The summed E-state index contributed by atoms with van der Waals surface area (Å²) in [4.78, 5) is 37.8. The van der Waals surface area contributed by atoms with Crippen LogP contribution in [0.2, 0.25) is 5.02 Å². The third-order valence-corrected chi connectivity index (χ3v) is 4.76. The quantitative estimate of drug-likeness (QED) is 0.576. The molecule has 7 heteroatoms. The summed E-state index contributed by atoms with van der Waals surface area (Å²) in [7, 11) is 0. The van der Waals surface area contributed by atoms with Gasteiger partial charge in [0.1, 0.15) is 0 Å². The number of amides is 2. The molecule has 2 aromatic rings. The Morgan fingerprint density at radius 2 is 1.86 bits per heavy atom. The summed E-state index contributed by atoms with van der Waals surface area (Å²) in [5.41, 5.74) is 2.16. The number of hydrogen-bond acceptors (Lipinski definition) is 4. The Morgan fingerprint density at radius 1 is 1.17 bits per heavy atom. The zero-order chi connectivity index (χ0) is 20.8. The molecule has 0 spiro atoms. The van der Waals surface area contributed by atoms with Gasteiger partial charge in [0.15, 0.2) is 0 Å². The van der Waals surface area contributed by atoms with E-state index in [-0.39, 0.29) is 18.2 Å². The van der Waals surface area contributed by atoms with E-state index in [1.807, 2.05) is 0 Å². The summed E-state index contributed by atoms with van der Waals surface area (Å²) in [6.45, 7) is 2.40. The first-order valence-electron chi connectivity index (χ1n) is 9.28. The third kappa shape index (κ3) is 5.45. The zero-order valence-corrected chi connectivity index (χ0v) is 16.7. The van der Waals surface area contributed by atoms with Crippen LogP contribution in [-0.2, 0) is 19.1 Å². The first-order chi connectivity index (χ1) is 14.0. The molecule has 2 aromatic carbocycles. The highest BCUT2D eigenvalue weighted by molar-refractivity contribution is 6.30. The van der Waals surface area contributed by atoms with Crippen molar-refractivity contribution in [1.29, 1.82) is 0 Å². The highest BCUT2D eigenvalue weighted by atomic mass is 35.5. The molecule has 1 saturated heterocycles. The van der Waals surface area contributed by atoms with E-state index in [0.29, 0.717) is 23.9 Å². The minimum absolute atomic E-state index is 0.0908. The third-order valence-electron chi connectivity index (χ3n) is 4.51. The SMILES string of the molecule is CCOC(=O)/C=C/c1ccc(NC(=O)C2CC(=O)N(c3ccc(Cl)cc3)C2)cc1. The van der Waals surface area contributed by atoms with E-state index < -0.39 is 11.9 Å². The number of halogens is 1. The Kier molecular flexibility index (Phi) is 6.67. The number of anilines is 2. The summed E-state index contributed by atoms with van der Waals surface area (Å²) in [6.07, 6.45) is 3.16. The Balaban J connectivity index is 1.58. The molecule has 6 nitrogen and oxygen atoms in total. The Morgan fingerprint density at radius 3 is 2.52 bits per heavy atom. The molecule has 0 bridgehead atoms. The van der Waals surface area contributed by atoms with Crippen molar-refractivity contribution in [1.82, 2.24) is 0 Å². The average Bonchev–Trinajstić information content (AvgIpc) is 3.10. The van der Waals surface area contributed by atoms with E-state index in [9.17, 15) is 14.4 Å². The molecule has 1 N–H and O–H groups in total. The van der Waals surface area contributed by atoms with Crippen LogP contribution in [0.5, 0.6) is 0 Å². The predicted molar refractivity (Wildman–Crippen MR) is 113 cm³/mol. The molecule has 0 radical (unpaired) electrons. The summed E-state index contributed by atoms with van der Waals surface area (Å²) in [6, 6.07) is 14.0. The molecule has 150 valence electrons. The molecule has 1 atom stereocenters. The Labute approximate surface area is 174 Å². The van der Waals surface area contributed by atoms with Crippen LogP contribution in [0.4, 0.5) is 11.4 Å². The van der Waals surface area contributed by atoms with Crippen molar-refractivity contribution in [2.24, 2.45) is 5.92 Å². The van der Waals surface area contributed by atoms with Crippen molar-refractivity contribution in [3.8, 4) is 0 Å². The number of carbonyl (C=O) groups is 3. The monoisotopic (exact) mass is 412 g/mol. The van der Waals surface area contributed by atoms with Crippen LogP contribution in [0.1, 0.15) is 18.9 Å². The topological polar surface area (TPSA) is 75.7 Å². The molecule has 2 amide bonds. The molecule has 1 heterocycles. The van der Waals surface area contributed by atoms with Gasteiger partial charge >= 0.3 is 5.97 Å². The fraction of sp³-hybridized carbons (Fsp3) is 0.227. The van der Waals surface area contributed by atoms with Crippen LogP contribution in [0, 0.1) is 5.92 Å². The number of nitrogens with zero attached hydrogens (tertiary/aromatic N) is 1. The Hall–Kier alpha value is -3.12. The summed E-state index contributed by atoms with van der Waals surface area (Å²) in [5.74, 6) is -1.13.